The number of carbonyl (C=O) groups excluding carboxylic acids is 2. The molecule has 2 N–H and O–H groups in total. The number of anilines is 1. The van der Waals surface area contributed by atoms with E-state index in [0.29, 0.717) is 22.0 Å². The third kappa shape index (κ3) is 4.28. The number of nitrogens with one attached hydrogen (secondary N) is 2. The third-order valence-corrected chi connectivity index (χ3v) is 5.90. The number of fused-ring (bicyclic) bond motifs is 1. The van der Waals surface area contributed by atoms with E-state index < -0.39 is 4.92 Å². The smallest absolute Gasteiger partial charge is 0.269 e. The largest absolute Gasteiger partial charge is 0.355 e. The molecule has 1 aromatic carbocycles. The van der Waals surface area contributed by atoms with Crippen molar-refractivity contribution < 1.29 is 14.5 Å². The minimum Gasteiger partial charge on any atom is -0.355 e. The highest BCUT2D eigenvalue weighted by atomic mass is 32.1. The summed E-state index contributed by atoms with van der Waals surface area (Å²) in [5.41, 5.74) is 2.27. The topological polar surface area (TPSA) is 101 Å². The number of benzene rings is 1. The van der Waals surface area contributed by atoms with Crippen LogP contribution in [0.1, 0.15) is 39.7 Å². The van der Waals surface area contributed by atoms with Crippen LogP contribution >= 0.6 is 11.3 Å². The highest BCUT2D eigenvalue weighted by molar-refractivity contribution is 7.17. The van der Waals surface area contributed by atoms with E-state index in [2.05, 4.69) is 17.6 Å². The maximum absolute atomic E-state index is 12.4. The maximum Gasteiger partial charge on any atom is 0.269 e. The summed E-state index contributed by atoms with van der Waals surface area (Å²) < 4.78 is 0. The van der Waals surface area contributed by atoms with Crippen LogP contribution in [0.2, 0.25) is 0 Å². The second kappa shape index (κ2) is 8.35. The molecular formula is C20H21N3O4S. The van der Waals surface area contributed by atoms with E-state index in [1.54, 1.807) is 25.3 Å². The van der Waals surface area contributed by atoms with Crippen molar-refractivity contribution in [1.29, 1.82) is 0 Å². The standard InChI is InChI=1S/C20H21N3O4S/c1-12-3-9-15-16(11-12)28-20(18(15)19(25)21-2)22-17(24)10-6-13-4-7-14(8-5-13)23(26)27/h4-8,10,12H,3,9,11H2,1-2H3,(H,21,25)(H,22,24)/b10-6-/t12-/m1/s1. The van der Waals surface area contributed by atoms with Crippen LogP contribution in [0.3, 0.4) is 0 Å². The molecule has 146 valence electrons. The lowest BCUT2D eigenvalue weighted by Crippen LogP contribution is -2.22. The highest BCUT2D eigenvalue weighted by Crippen LogP contribution is 2.39. The van der Waals surface area contributed by atoms with Crippen LogP contribution in [-0.2, 0) is 17.6 Å². The number of hydrogen-bond acceptors (Lipinski definition) is 5. The SMILES string of the molecule is CNC(=O)c1c(NC(=O)/C=C\c2ccc([N+](=O)[O-])cc2)sc2c1CC[C@@H](C)C2. The van der Waals surface area contributed by atoms with Crippen LogP contribution in [0, 0.1) is 16.0 Å². The number of non-ortho nitro benzene ring substituents is 1. The summed E-state index contributed by atoms with van der Waals surface area (Å²) >= 11 is 1.46. The second-order valence-corrected chi connectivity index (χ2v) is 7.91. The fraction of sp³-hybridized carbons (Fsp3) is 0.300. The summed E-state index contributed by atoms with van der Waals surface area (Å²) in [6.07, 6.45) is 5.72. The van der Waals surface area contributed by atoms with Crippen molar-refractivity contribution in [3.63, 3.8) is 0 Å². The van der Waals surface area contributed by atoms with Gasteiger partial charge in [-0.15, -0.1) is 11.3 Å². The van der Waals surface area contributed by atoms with Crippen LogP contribution < -0.4 is 10.6 Å². The number of nitro benzene ring substituents is 1. The van der Waals surface area contributed by atoms with E-state index in [1.165, 1.54) is 29.5 Å². The lowest BCUT2D eigenvalue weighted by Gasteiger charge is -2.18. The molecule has 1 aromatic heterocycles. The minimum atomic E-state index is -0.472. The second-order valence-electron chi connectivity index (χ2n) is 6.81. The number of hydrogen-bond donors (Lipinski definition) is 2. The Morgan fingerprint density at radius 2 is 2.00 bits per heavy atom. The first kappa shape index (κ1) is 19.8. The molecule has 1 aliphatic carbocycles. The fourth-order valence-corrected chi connectivity index (χ4v) is 4.65. The van der Waals surface area contributed by atoms with Gasteiger partial charge in [-0.2, -0.15) is 0 Å². The Balaban J connectivity index is 1.78. The van der Waals surface area contributed by atoms with Gasteiger partial charge in [-0.3, -0.25) is 19.7 Å². The molecule has 0 aliphatic heterocycles. The van der Waals surface area contributed by atoms with Gasteiger partial charge in [-0.25, -0.2) is 0 Å². The van der Waals surface area contributed by atoms with Crippen LogP contribution in [0.4, 0.5) is 10.7 Å². The summed E-state index contributed by atoms with van der Waals surface area (Å²) in [5, 5.41) is 16.7. The molecule has 28 heavy (non-hydrogen) atoms. The Bertz CT molecular complexity index is 947. The molecule has 0 spiro atoms. The number of rotatable bonds is 5. The molecular weight excluding hydrogens is 378 g/mol. The summed E-state index contributed by atoms with van der Waals surface area (Å²) in [6.45, 7) is 2.19. The van der Waals surface area contributed by atoms with E-state index in [-0.39, 0.29) is 17.5 Å². The summed E-state index contributed by atoms with van der Waals surface area (Å²) in [4.78, 5) is 36.1. The van der Waals surface area contributed by atoms with E-state index >= 15 is 0 Å². The molecule has 8 heteroatoms. The van der Waals surface area contributed by atoms with Crippen molar-refractivity contribution >= 4 is 39.9 Å². The van der Waals surface area contributed by atoms with Crippen LogP contribution in [0.15, 0.2) is 30.3 Å². The van der Waals surface area contributed by atoms with Gasteiger partial charge in [0.2, 0.25) is 5.91 Å². The van der Waals surface area contributed by atoms with Gasteiger partial charge in [0.15, 0.2) is 0 Å². The first-order valence-electron chi connectivity index (χ1n) is 8.99. The van der Waals surface area contributed by atoms with Crippen molar-refractivity contribution in [3.05, 3.63) is 62.0 Å². The van der Waals surface area contributed by atoms with Crippen molar-refractivity contribution in [2.45, 2.75) is 26.2 Å². The quantitative estimate of drug-likeness (QED) is 0.454. The van der Waals surface area contributed by atoms with Crippen molar-refractivity contribution in [1.82, 2.24) is 5.32 Å². The van der Waals surface area contributed by atoms with Gasteiger partial charge in [0.25, 0.3) is 11.6 Å². The predicted molar refractivity (Wildman–Crippen MR) is 110 cm³/mol. The van der Waals surface area contributed by atoms with Crippen LogP contribution in [0.25, 0.3) is 6.08 Å². The molecule has 1 heterocycles. The van der Waals surface area contributed by atoms with Gasteiger partial charge in [0.05, 0.1) is 10.5 Å². The van der Waals surface area contributed by atoms with Gasteiger partial charge in [-0.05, 0) is 54.5 Å². The fourth-order valence-electron chi connectivity index (χ4n) is 3.24. The molecule has 0 bridgehead atoms. The average molecular weight is 399 g/mol. The zero-order valence-electron chi connectivity index (χ0n) is 15.7. The van der Waals surface area contributed by atoms with E-state index in [9.17, 15) is 19.7 Å². The number of nitro groups is 1. The van der Waals surface area contributed by atoms with Gasteiger partial charge in [0, 0.05) is 30.1 Å². The number of carbonyl (C=O) groups is 2. The lowest BCUT2D eigenvalue weighted by molar-refractivity contribution is -0.384. The number of thiophene rings is 1. The Kier molecular flexibility index (Phi) is 5.89. The van der Waals surface area contributed by atoms with E-state index in [0.717, 1.165) is 29.7 Å². The Hall–Kier alpha value is -3.00. The molecule has 0 fully saturated rings. The molecule has 0 unspecified atom stereocenters. The van der Waals surface area contributed by atoms with Crippen LogP contribution in [0.5, 0.6) is 0 Å². The number of nitrogens with zero attached hydrogens (tertiary/aromatic N) is 1. The van der Waals surface area contributed by atoms with Crippen molar-refractivity contribution in [2.24, 2.45) is 5.92 Å². The van der Waals surface area contributed by atoms with Gasteiger partial charge in [0.1, 0.15) is 5.00 Å². The van der Waals surface area contributed by atoms with Crippen LogP contribution in [-0.4, -0.2) is 23.8 Å². The van der Waals surface area contributed by atoms with Crippen molar-refractivity contribution in [3.8, 4) is 0 Å². The molecule has 7 nitrogen and oxygen atoms in total. The molecule has 2 aromatic rings. The normalized spacial score (nSPS) is 15.9. The molecule has 0 saturated carbocycles. The third-order valence-electron chi connectivity index (χ3n) is 4.73. The van der Waals surface area contributed by atoms with Gasteiger partial charge >= 0.3 is 0 Å². The zero-order chi connectivity index (χ0) is 20.3. The molecule has 2 amide bonds. The first-order valence-corrected chi connectivity index (χ1v) is 9.80. The lowest BCUT2D eigenvalue weighted by atomic mass is 9.88. The first-order chi connectivity index (χ1) is 13.4. The highest BCUT2D eigenvalue weighted by Gasteiger charge is 2.27. The Morgan fingerprint density at radius 1 is 1.29 bits per heavy atom. The van der Waals surface area contributed by atoms with Gasteiger partial charge < -0.3 is 10.6 Å². The van der Waals surface area contributed by atoms with E-state index in [4.69, 9.17) is 0 Å². The number of amides is 2. The Morgan fingerprint density at radius 3 is 2.64 bits per heavy atom. The maximum atomic E-state index is 12.4. The monoisotopic (exact) mass is 399 g/mol. The molecule has 1 atom stereocenters. The van der Waals surface area contributed by atoms with E-state index in [1.807, 2.05) is 0 Å². The Labute approximate surface area is 166 Å². The molecule has 3 rings (SSSR count). The molecule has 1 aliphatic rings. The van der Waals surface area contributed by atoms with Gasteiger partial charge in [-0.1, -0.05) is 6.92 Å². The molecule has 0 radical (unpaired) electrons. The summed E-state index contributed by atoms with van der Waals surface area (Å²) in [5.74, 6) is 0.0196. The summed E-state index contributed by atoms with van der Waals surface area (Å²) in [6, 6.07) is 5.91. The minimum absolute atomic E-state index is 0.00443. The summed E-state index contributed by atoms with van der Waals surface area (Å²) in [7, 11) is 1.58. The molecule has 0 saturated heterocycles. The van der Waals surface area contributed by atoms with Crippen molar-refractivity contribution in [2.75, 3.05) is 12.4 Å². The zero-order valence-corrected chi connectivity index (χ0v) is 16.5. The average Bonchev–Trinajstić information content (AvgIpc) is 3.02. The predicted octanol–water partition coefficient (Wildman–Crippen LogP) is 3.79.